The number of benzene rings is 1. The highest BCUT2D eigenvalue weighted by molar-refractivity contribution is 9.10. The van der Waals surface area contributed by atoms with Crippen molar-refractivity contribution in [2.45, 2.75) is 19.1 Å². The van der Waals surface area contributed by atoms with Gasteiger partial charge in [-0.2, -0.15) is 0 Å². The van der Waals surface area contributed by atoms with Gasteiger partial charge in [-0.1, -0.05) is 15.9 Å². The second-order valence-electron chi connectivity index (χ2n) is 3.67. The minimum absolute atomic E-state index is 0.342. The first-order valence-electron chi connectivity index (χ1n) is 5.14. The fourth-order valence-corrected chi connectivity index (χ4v) is 1.56. The predicted molar refractivity (Wildman–Crippen MR) is 67.0 cm³/mol. The van der Waals surface area contributed by atoms with Crippen LogP contribution >= 0.6 is 15.9 Å². The molecule has 1 aromatic carbocycles. The fourth-order valence-electron chi connectivity index (χ4n) is 1.30. The number of rotatable bonds is 4. The van der Waals surface area contributed by atoms with E-state index in [-0.39, 0.29) is 0 Å². The molecule has 1 rings (SSSR count). The molecule has 0 radical (unpaired) electrons. The standard InChI is InChI=1S/C11H13BrN2O4/c1-6(15)9(11(17)14-18)13-10(16)7-2-4-8(12)5-3-7/h2-6,9,15,18H,1H3,(H,13,16)(H,14,17)/t6-,9+/m1/s1. The summed E-state index contributed by atoms with van der Waals surface area (Å²) >= 11 is 3.23. The number of hydrogen-bond donors (Lipinski definition) is 4. The van der Waals surface area contributed by atoms with Crippen molar-refractivity contribution in [3.63, 3.8) is 0 Å². The Hall–Kier alpha value is -1.44. The van der Waals surface area contributed by atoms with Crippen molar-refractivity contribution < 1.29 is 19.9 Å². The van der Waals surface area contributed by atoms with E-state index in [1.54, 1.807) is 24.3 Å². The molecule has 1 aromatic rings. The van der Waals surface area contributed by atoms with E-state index in [4.69, 9.17) is 5.21 Å². The van der Waals surface area contributed by atoms with Gasteiger partial charge >= 0.3 is 0 Å². The Balaban J connectivity index is 2.78. The first-order chi connectivity index (χ1) is 8.45. The summed E-state index contributed by atoms with van der Waals surface area (Å²) in [5, 5.41) is 20.2. The average Bonchev–Trinajstić information content (AvgIpc) is 2.35. The van der Waals surface area contributed by atoms with Gasteiger partial charge in [-0.25, -0.2) is 5.48 Å². The molecule has 0 fully saturated rings. The quantitative estimate of drug-likeness (QED) is 0.478. The van der Waals surface area contributed by atoms with E-state index >= 15 is 0 Å². The second-order valence-corrected chi connectivity index (χ2v) is 4.59. The number of amides is 2. The van der Waals surface area contributed by atoms with Gasteiger partial charge in [0.25, 0.3) is 11.8 Å². The van der Waals surface area contributed by atoms with E-state index in [0.29, 0.717) is 5.56 Å². The maximum atomic E-state index is 11.8. The molecular formula is C11H13BrN2O4. The summed E-state index contributed by atoms with van der Waals surface area (Å²) in [7, 11) is 0. The molecule has 0 spiro atoms. The number of aliphatic hydroxyl groups excluding tert-OH is 1. The third kappa shape index (κ3) is 3.80. The van der Waals surface area contributed by atoms with Gasteiger partial charge < -0.3 is 10.4 Å². The Kier molecular flexibility index (Phi) is 5.26. The molecule has 4 N–H and O–H groups in total. The molecule has 0 aliphatic rings. The topological polar surface area (TPSA) is 98.7 Å². The molecule has 0 saturated heterocycles. The van der Waals surface area contributed by atoms with E-state index in [2.05, 4.69) is 21.2 Å². The van der Waals surface area contributed by atoms with Crippen molar-refractivity contribution in [2.24, 2.45) is 0 Å². The maximum Gasteiger partial charge on any atom is 0.268 e. The first-order valence-corrected chi connectivity index (χ1v) is 5.93. The van der Waals surface area contributed by atoms with Crippen LogP contribution in [0.25, 0.3) is 0 Å². The van der Waals surface area contributed by atoms with Gasteiger partial charge in [-0.15, -0.1) is 0 Å². The van der Waals surface area contributed by atoms with E-state index in [9.17, 15) is 14.7 Å². The maximum absolute atomic E-state index is 11.8. The minimum Gasteiger partial charge on any atom is -0.391 e. The molecule has 0 bridgehead atoms. The van der Waals surface area contributed by atoms with Gasteiger partial charge in [0.2, 0.25) is 0 Å². The monoisotopic (exact) mass is 316 g/mol. The summed E-state index contributed by atoms with van der Waals surface area (Å²) in [6.07, 6.45) is -1.13. The Morgan fingerprint density at radius 3 is 2.28 bits per heavy atom. The van der Waals surface area contributed by atoms with Crippen molar-refractivity contribution in [1.29, 1.82) is 0 Å². The van der Waals surface area contributed by atoms with E-state index in [0.717, 1.165) is 4.47 Å². The lowest BCUT2D eigenvalue weighted by Gasteiger charge is -2.19. The zero-order valence-electron chi connectivity index (χ0n) is 9.55. The fraction of sp³-hybridized carbons (Fsp3) is 0.273. The summed E-state index contributed by atoms with van der Waals surface area (Å²) in [4.78, 5) is 23.0. The van der Waals surface area contributed by atoms with Gasteiger partial charge in [0.15, 0.2) is 0 Å². The number of halogens is 1. The van der Waals surface area contributed by atoms with Crippen LogP contribution in [0.5, 0.6) is 0 Å². The summed E-state index contributed by atoms with van der Waals surface area (Å²) in [5.41, 5.74) is 1.73. The van der Waals surface area contributed by atoms with Crippen LogP contribution in [0.2, 0.25) is 0 Å². The molecule has 0 unspecified atom stereocenters. The van der Waals surface area contributed by atoms with Crippen LogP contribution in [0.4, 0.5) is 0 Å². The molecule has 0 saturated carbocycles. The van der Waals surface area contributed by atoms with Crippen molar-refractivity contribution in [2.75, 3.05) is 0 Å². The van der Waals surface area contributed by atoms with E-state index in [1.165, 1.54) is 12.4 Å². The lowest BCUT2D eigenvalue weighted by Crippen LogP contribution is -2.51. The molecule has 18 heavy (non-hydrogen) atoms. The van der Waals surface area contributed by atoms with E-state index < -0.39 is 24.0 Å². The Labute approximate surface area is 112 Å². The smallest absolute Gasteiger partial charge is 0.268 e. The Bertz CT molecular complexity index is 433. The first kappa shape index (κ1) is 14.6. The van der Waals surface area contributed by atoms with Crippen LogP contribution in [0, 0.1) is 0 Å². The van der Waals surface area contributed by atoms with Crippen LogP contribution in [0.1, 0.15) is 17.3 Å². The van der Waals surface area contributed by atoms with Crippen LogP contribution in [-0.4, -0.2) is 34.3 Å². The molecule has 0 heterocycles. The molecule has 0 aromatic heterocycles. The largest absolute Gasteiger partial charge is 0.391 e. The van der Waals surface area contributed by atoms with Gasteiger partial charge in [-0.3, -0.25) is 14.8 Å². The highest BCUT2D eigenvalue weighted by Crippen LogP contribution is 2.10. The van der Waals surface area contributed by atoms with Gasteiger partial charge in [0.05, 0.1) is 6.10 Å². The van der Waals surface area contributed by atoms with Crippen LogP contribution in [-0.2, 0) is 4.79 Å². The average molecular weight is 317 g/mol. The molecule has 7 heteroatoms. The van der Waals surface area contributed by atoms with Gasteiger partial charge in [0, 0.05) is 10.0 Å². The highest BCUT2D eigenvalue weighted by atomic mass is 79.9. The van der Waals surface area contributed by atoms with Gasteiger partial charge in [0.1, 0.15) is 6.04 Å². The number of hydrogen-bond acceptors (Lipinski definition) is 4. The molecule has 0 aliphatic heterocycles. The lowest BCUT2D eigenvalue weighted by atomic mass is 10.1. The lowest BCUT2D eigenvalue weighted by molar-refractivity contribution is -0.133. The summed E-state index contributed by atoms with van der Waals surface area (Å²) < 4.78 is 0.819. The van der Waals surface area contributed by atoms with Crippen LogP contribution < -0.4 is 10.8 Å². The van der Waals surface area contributed by atoms with Crippen molar-refractivity contribution >= 4 is 27.7 Å². The molecule has 98 valence electrons. The van der Waals surface area contributed by atoms with Gasteiger partial charge in [-0.05, 0) is 31.2 Å². The molecule has 2 amide bonds. The number of hydroxylamine groups is 1. The minimum atomic E-state index is -1.22. The normalized spacial score (nSPS) is 13.6. The third-order valence-electron chi connectivity index (χ3n) is 2.27. The van der Waals surface area contributed by atoms with Crippen LogP contribution in [0.15, 0.2) is 28.7 Å². The Morgan fingerprint density at radius 2 is 1.83 bits per heavy atom. The number of nitrogens with one attached hydrogen (secondary N) is 2. The molecule has 6 nitrogen and oxygen atoms in total. The molecule has 0 aliphatic carbocycles. The zero-order chi connectivity index (χ0) is 13.7. The van der Waals surface area contributed by atoms with Crippen molar-refractivity contribution in [3.05, 3.63) is 34.3 Å². The number of carbonyl (C=O) groups excluding carboxylic acids is 2. The number of aliphatic hydroxyl groups is 1. The van der Waals surface area contributed by atoms with E-state index in [1.807, 2.05) is 0 Å². The second kappa shape index (κ2) is 6.48. The summed E-state index contributed by atoms with van der Waals surface area (Å²) in [5.74, 6) is -1.40. The van der Waals surface area contributed by atoms with Crippen LogP contribution in [0.3, 0.4) is 0 Å². The summed E-state index contributed by atoms with van der Waals surface area (Å²) in [6, 6.07) is 5.27. The zero-order valence-corrected chi connectivity index (χ0v) is 11.1. The van der Waals surface area contributed by atoms with Crippen molar-refractivity contribution in [1.82, 2.24) is 10.8 Å². The summed E-state index contributed by atoms with van der Waals surface area (Å²) in [6.45, 7) is 1.34. The predicted octanol–water partition coefficient (Wildman–Crippen LogP) is 0.434. The number of carbonyl (C=O) groups is 2. The van der Waals surface area contributed by atoms with Crippen molar-refractivity contribution in [3.8, 4) is 0 Å². The highest BCUT2D eigenvalue weighted by Gasteiger charge is 2.25. The molecular weight excluding hydrogens is 304 g/mol. The third-order valence-corrected chi connectivity index (χ3v) is 2.80. The Morgan fingerprint density at radius 1 is 1.28 bits per heavy atom. The SMILES string of the molecule is C[C@@H](O)[C@H](NC(=O)c1ccc(Br)cc1)C(=O)NO. The molecule has 2 atom stereocenters.